The van der Waals surface area contributed by atoms with E-state index in [1.165, 1.54) is 5.56 Å². The van der Waals surface area contributed by atoms with E-state index in [9.17, 15) is 9.59 Å². The van der Waals surface area contributed by atoms with Gasteiger partial charge < -0.3 is 15.1 Å². The zero-order valence-electron chi connectivity index (χ0n) is 19.8. The highest BCUT2D eigenvalue weighted by molar-refractivity contribution is 5.87. The minimum Gasteiger partial charge on any atom is -0.420 e. The van der Waals surface area contributed by atoms with Crippen LogP contribution in [-0.2, 0) is 16.0 Å². The molecule has 0 spiro atoms. The first kappa shape index (κ1) is 23.2. The number of nitrogens with zero attached hydrogens (tertiary/aromatic N) is 2. The van der Waals surface area contributed by atoms with Gasteiger partial charge in [-0.2, -0.15) is 0 Å². The lowest BCUT2D eigenvalue weighted by molar-refractivity contribution is -0.126. The minimum atomic E-state index is -0.178. The van der Waals surface area contributed by atoms with Crippen LogP contribution in [0.15, 0.2) is 34.0 Å². The monoisotopic (exact) mass is 450 g/mol. The van der Waals surface area contributed by atoms with E-state index in [0.717, 1.165) is 68.2 Å². The number of carbonyl (C=O) groups excluding carboxylic acids is 2. The van der Waals surface area contributed by atoms with Gasteiger partial charge in [-0.05, 0) is 56.6 Å². The van der Waals surface area contributed by atoms with Crippen molar-refractivity contribution in [1.29, 1.82) is 0 Å². The number of hydrogen-bond acceptors (Lipinski definition) is 6. The molecule has 1 aromatic heterocycles. The standard InChI is InChI=1S/C26H34N4O3/c1-4-6-18-10-9-16(2)11-21(18)26-30-29-25(33-26)20-8-5-7-19(13-20)24(32)28-23(15-31)22-12-17(3)14-27-22/h9-11,15,17,19-20,27H,4-8,12-14H2,1-3H3,(H,28,32)/b23-22+. The smallest absolute Gasteiger partial charge is 0.248 e. The fourth-order valence-electron chi connectivity index (χ4n) is 4.94. The summed E-state index contributed by atoms with van der Waals surface area (Å²) in [6.45, 7) is 7.17. The van der Waals surface area contributed by atoms with Crippen molar-refractivity contribution in [2.75, 3.05) is 6.54 Å². The van der Waals surface area contributed by atoms with Gasteiger partial charge in [-0.15, -0.1) is 10.2 Å². The summed E-state index contributed by atoms with van der Waals surface area (Å²) in [5.41, 5.74) is 4.57. The molecule has 1 amide bonds. The summed E-state index contributed by atoms with van der Waals surface area (Å²) < 4.78 is 6.15. The first-order valence-electron chi connectivity index (χ1n) is 12.1. The number of aldehydes is 1. The molecule has 2 heterocycles. The fourth-order valence-corrected chi connectivity index (χ4v) is 4.94. The number of nitrogens with one attached hydrogen (secondary N) is 2. The average molecular weight is 451 g/mol. The molecular formula is C26H34N4O3. The van der Waals surface area contributed by atoms with Gasteiger partial charge >= 0.3 is 0 Å². The third-order valence-corrected chi connectivity index (χ3v) is 6.77. The predicted octanol–water partition coefficient (Wildman–Crippen LogP) is 4.43. The van der Waals surface area contributed by atoms with Crippen LogP contribution in [0.1, 0.15) is 75.3 Å². The Hall–Kier alpha value is -2.96. The zero-order chi connectivity index (χ0) is 23.4. The molecule has 7 heteroatoms. The number of carbonyl (C=O) groups is 2. The van der Waals surface area contributed by atoms with Crippen LogP contribution < -0.4 is 10.6 Å². The van der Waals surface area contributed by atoms with Gasteiger partial charge in [0.05, 0.1) is 0 Å². The van der Waals surface area contributed by atoms with Crippen LogP contribution in [0.5, 0.6) is 0 Å². The molecule has 0 radical (unpaired) electrons. The molecule has 2 fully saturated rings. The Balaban J connectivity index is 1.46. The highest BCUT2D eigenvalue weighted by atomic mass is 16.4. The average Bonchev–Trinajstić information content (AvgIpc) is 3.48. The molecule has 33 heavy (non-hydrogen) atoms. The Bertz CT molecular complexity index is 1040. The van der Waals surface area contributed by atoms with Crippen LogP contribution in [-0.4, -0.2) is 28.9 Å². The van der Waals surface area contributed by atoms with E-state index < -0.39 is 0 Å². The first-order chi connectivity index (χ1) is 16.0. The Morgan fingerprint density at radius 3 is 2.88 bits per heavy atom. The van der Waals surface area contributed by atoms with E-state index in [4.69, 9.17) is 4.42 Å². The molecule has 1 aromatic carbocycles. The van der Waals surface area contributed by atoms with Crippen molar-refractivity contribution in [3.63, 3.8) is 0 Å². The maximum atomic E-state index is 13.0. The van der Waals surface area contributed by atoms with E-state index in [1.54, 1.807) is 0 Å². The lowest BCUT2D eigenvalue weighted by Gasteiger charge is -2.26. The number of aryl methyl sites for hydroxylation is 2. The van der Waals surface area contributed by atoms with Crippen LogP contribution in [0.3, 0.4) is 0 Å². The highest BCUT2D eigenvalue weighted by Gasteiger charge is 2.32. The number of rotatable bonds is 7. The molecular weight excluding hydrogens is 416 g/mol. The number of amides is 1. The summed E-state index contributed by atoms with van der Waals surface area (Å²) in [4.78, 5) is 24.6. The van der Waals surface area contributed by atoms with Crippen molar-refractivity contribution in [3.8, 4) is 11.5 Å². The normalized spacial score (nSPS) is 24.3. The summed E-state index contributed by atoms with van der Waals surface area (Å²) in [6.07, 6.45) is 6.81. The van der Waals surface area contributed by atoms with E-state index in [-0.39, 0.29) is 17.7 Å². The van der Waals surface area contributed by atoms with Gasteiger partial charge in [0.25, 0.3) is 0 Å². The Morgan fingerprint density at radius 2 is 2.15 bits per heavy atom. The van der Waals surface area contributed by atoms with Gasteiger partial charge in [0.1, 0.15) is 5.70 Å². The summed E-state index contributed by atoms with van der Waals surface area (Å²) in [6, 6.07) is 6.35. The lowest BCUT2D eigenvalue weighted by atomic mass is 9.81. The second kappa shape index (κ2) is 10.3. The van der Waals surface area contributed by atoms with Crippen molar-refractivity contribution in [1.82, 2.24) is 20.8 Å². The van der Waals surface area contributed by atoms with Gasteiger partial charge in [0, 0.05) is 29.6 Å². The van der Waals surface area contributed by atoms with E-state index in [2.05, 4.69) is 59.8 Å². The summed E-state index contributed by atoms with van der Waals surface area (Å²) in [7, 11) is 0. The third kappa shape index (κ3) is 5.34. The molecule has 1 aliphatic carbocycles. The molecule has 2 aromatic rings. The van der Waals surface area contributed by atoms with Crippen LogP contribution >= 0.6 is 0 Å². The molecule has 7 nitrogen and oxygen atoms in total. The predicted molar refractivity (Wildman–Crippen MR) is 126 cm³/mol. The Kier molecular flexibility index (Phi) is 7.26. The largest absolute Gasteiger partial charge is 0.420 e. The topological polar surface area (TPSA) is 97.1 Å². The van der Waals surface area contributed by atoms with Crippen LogP contribution in [0.2, 0.25) is 0 Å². The van der Waals surface area contributed by atoms with E-state index >= 15 is 0 Å². The Labute approximate surface area is 195 Å². The van der Waals surface area contributed by atoms with Gasteiger partial charge in [0.2, 0.25) is 17.7 Å². The maximum Gasteiger partial charge on any atom is 0.248 e. The molecule has 176 valence electrons. The number of allylic oxidation sites excluding steroid dienone is 2. The second-order valence-corrected chi connectivity index (χ2v) is 9.61. The van der Waals surface area contributed by atoms with Crippen molar-refractivity contribution in [2.45, 2.75) is 71.6 Å². The van der Waals surface area contributed by atoms with E-state index in [1.807, 2.05) is 0 Å². The number of benzene rings is 1. The first-order valence-corrected chi connectivity index (χ1v) is 12.1. The summed E-state index contributed by atoms with van der Waals surface area (Å²) >= 11 is 0. The number of hydrogen-bond donors (Lipinski definition) is 2. The van der Waals surface area contributed by atoms with Crippen LogP contribution in [0.25, 0.3) is 11.5 Å². The minimum absolute atomic E-state index is 0.0483. The van der Waals surface area contributed by atoms with Crippen molar-refractivity contribution >= 4 is 12.2 Å². The quantitative estimate of drug-likeness (QED) is 0.479. The lowest BCUT2D eigenvalue weighted by Crippen LogP contribution is -2.34. The molecule has 3 atom stereocenters. The molecule has 1 saturated heterocycles. The molecule has 1 aliphatic heterocycles. The van der Waals surface area contributed by atoms with Crippen molar-refractivity contribution in [2.24, 2.45) is 11.8 Å². The molecule has 2 aliphatic rings. The highest BCUT2D eigenvalue weighted by Crippen LogP contribution is 2.37. The second-order valence-electron chi connectivity index (χ2n) is 9.61. The zero-order valence-corrected chi connectivity index (χ0v) is 19.8. The van der Waals surface area contributed by atoms with E-state index in [0.29, 0.717) is 29.8 Å². The summed E-state index contributed by atoms with van der Waals surface area (Å²) in [5.74, 6) is 1.39. The number of aromatic nitrogens is 2. The summed E-state index contributed by atoms with van der Waals surface area (Å²) in [5, 5.41) is 14.8. The van der Waals surface area contributed by atoms with Gasteiger partial charge in [0.15, 0.2) is 6.29 Å². The van der Waals surface area contributed by atoms with Crippen LogP contribution in [0, 0.1) is 18.8 Å². The Morgan fingerprint density at radius 1 is 1.30 bits per heavy atom. The molecule has 4 rings (SSSR count). The van der Waals surface area contributed by atoms with Crippen molar-refractivity contribution in [3.05, 3.63) is 46.6 Å². The third-order valence-electron chi connectivity index (χ3n) is 6.77. The molecule has 0 bridgehead atoms. The van der Waals surface area contributed by atoms with Gasteiger partial charge in [-0.1, -0.05) is 44.4 Å². The molecule has 1 saturated carbocycles. The SMILES string of the molecule is CCCc1ccc(C)cc1-c1nnc(C2CCCC(C(=O)N/C(C=O)=C3\CC(C)CN3)C2)o1. The molecule has 3 unspecified atom stereocenters. The van der Waals surface area contributed by atoms with Crippen molar-refractivity contribution < 1.29 is 14.0 Å². The van der Waals surface area contributed by atoms with Gasteiger partial charge in [-0.25, -0.2) is 0 Å². The molecule has 2 N–H and O–H groups in total. The van der Waals surface area contributed by atoms with Crippen LogP contribution in [0.4, 0.5) is 0 Å². The van der Waals surface area contributed by atoms with Gasteiger partial charge in [-0.3, -0.25) is 9.59 Å². The fraction of sp³-hybridized carbons (Fsp3) is 0.538. The maximum absolute atomic E-state index is 13.0.